The standard InChI is InChI=1S/C12H10O3/c13-11-9-7-3-1-2-5(7)6(2)8(4(1)3)10(9)12(14)15-11/h1-10H/t1?,2?,3-,4-,5-,6+,7?,8?,9+,10+/m1/s1. The van der Waals surface area contributed by atoms with Crippen LogP contribution in [0.4, 0.5) is 0 Å². The summed E-state index contributed by atoms with van der Waals surface area (Å²) in [5.41, 5.74) is 0. The van der Waals surface area contributed by atoms with Gasteiger partial charge in [-0.3, -0.25) is 9.59 Å². The first-order chi connectivity index (χ1) is 7.30. The monoisotopic (exact) mass is 202 g/mol. The highest BCUT2D eigenvalue weighted by Crippen LogP contribution is 2.93. The third-order valence-corrected chi connectivity index (χ3v) is 6.57. The van der Waals surface area contributed by atoms with Gasteiger partial charge >= 0.3 is 11.9 Å². The number of cyclic esters (lactones) is 2. The molecule has 7 aliphatic rings. The second kappa shape index (κ2) is 1.48. The lowest BCUT2D eigenvalue weighted by Gasteiger charge is -2.40. The molecule has 0 radical (unpaired) electrons. The molecule has 0 aromatic heterocycles. The van der Waals surface area contributed by atoms with Crippen LogP contribution in [0.15, 0.2) is 0 Å². The van der Waals surface area contributed by atoms with Crippen molar-refractivity contribution in [1.29, 1.82) is 0 Å². The van der Waals surface area contributed by atoms with E-state index >= 15 is 0 Å². The Morgan fingerprint density at radius 2 is 0.933 bits per heavy atom. The average Bonchev–Trinajstić information content (AvgIpc) is 2.99. The van der Waals surface area contributed by atoms with Crippen molar-refractivity contribution in [3.8, 4) is 0 Å². The quantitative estimate of drug-likeness (QED) is 0.419. The fourth-order valence-corrected chi connectivity index (χ4v) is 6.64. The second-order valence-electron chi connectivity index (χ2n) is 6.41. The predicted octanol–water partition coefficient (Wildman–Crippen LogP) is 0.300. The van der Waals surface area contributed by atoms with Crippen molar-refractivity contribution in [2.45, 2.75) is 0 Å². The van der Waals surface area contributed by atoms with Gasteiger partial charge in [0.2, 0.25) is 0 Å². The molecule has 3 nitrogen and oxygen atoms in total. The van der Waals surface area contributed by atoms with Crippen molar-refractivity contribution < 1.29 is 14.3 Å². The second-order valence-corrected chi connectivity index (χ2v) is 6.41. The minimum Gasteiger partial charge on any atom is -0.393 e. The summed E-state index contributed by atoms with van der Waals surface area (Å²) in [5, 5.41) is 0. The average molecular weight is 202 g/mol. The van der Waals surface area contributed by atoms with Crippen LogP contribution < -0.4 is 0 Å². The molecule has 2 bridgehead atoms. The molecule has 0 N–H and O–H groups in total. The number of esters is 2. The molecule has 76 valence electrons. The summed E-state index contributed by atoms with van der Waals surface area (Å²) in [6, 6.07) is 0. The Morgan fingerprint density at radius 1 is 0.600 bits per heavy atom. The third kappa shape index (κ3) is 0.409. The van der Waals surface area contributed by atoms with Crippen LogP contribution in [0, 0.1) is 59.2 Å². The minimum absolute atomic E-state index is 0.0116. The summed E-state index contributed by atoms with van der Waals surface area (Å²) < 4.78 is 4.86. The summed E-state index contributed by atoms with van der Waals surface area (Å²) in [6.45, 7) is 0. The highest BCUT2D eigenvalue weighted by Gasteiger charge is 2.93. The van der Waals surface area contributed by atoms with Crippen molar-refractivity contribution in [3.63, 3.8) is 0 Å². The van der Waals surface area contributed by atoms with Crippen molar-refractivity contribution in [2.75, 3.05) is 0 Å². The normalized spacial score (nSPS) is 78.1. The molecule has 4 unspecified atom stereocenters. The minimum atomic E-state index is -0.185. The topological polar surface area (TPSA) is 43.4 Å². The van der Waals surface area contributed by atoms with Gasteiger partial charge in [-0.2, -0.15) is 0 Å². The van der Waals surface area contributed by atoms with E-state index in [1.54, 1.807) is 0 Å². The van der Waals surface area contributed by atoms with Gasteiger partial charge in [0.15, 0.2) is 0 Å². The summed E-state index contributed by atoms with van der Waals surface area (Å²) in [7, 11) is 0. The molecule has 7 rings (SSSR count). The number of rotatable bonds is 0. The molecule has 6 saturated carbocycles. The summed E-state index contributed by atoms with van der Waals surface area (Å²) >= 11 is 0. The largest absolute Gasteiger partial charge is 0.393 e. The molecule has 0 amide bonds. The zero-order valence-corrected chi connectivity index (χ0v) is 8.00. The van der Waals surface area contributed by atoms with Gasteiger partial charge in [-0.25, -0.2) is 0 Å². The first-order valence-corrected chi connectivity index (χ1v) is 6.06. The number of carbonyl (C=O) groups is 2. The highest BCUT2D eigenvalue weighted by atomic mass is 16.6. The number of ether oxygens (including phenoxy) is 1. The van der Waals surface area contributed by atoms with Crippen LogP contribution in [0.1, 0.15) is 0 Å². The van der Waals surface area contributed by atoms with Crippen LogP contribution in [-0.2, 0) is 14.3 Å². The Morgan fingerprint density at radius 3 is 1.33 bits per heavy atom. The maximum absolute atomic E-state index is 11.7. The molecule has 10 atom stereocenters. The Labute approximate surface area is 86.2 Å². The van der Waals surface area contributed by atoms with Crippen LogP contribution in [-0.4, -0.2) is 11.9 Å². The van der Waals surface area contributed by atoms with E-state index in [0.29, 0.717) is 11.8 Å². The van der Waals surface area contributed by atoms with Gasteiger partial charge < -0.3 is 4.74 Å². The molecule has 1 heterocycles. The van der Waals surface area contributed by atoms with Gasteiger partial charge in [0, 0.05) is 0 Å². The number of carbonyl (C=O) groups excluding carboxylic acids is 2. The van der Waals surface area contributed by atoms with Gasteiger partial charge in [-0.15, -0.1) is 0 Å². The molecule has 15 heavy (non-hydrogen) atoms. The van der Waals surface area contributed by atoms with Gasteiger partial charge in [-0.1, -0.05) is 0 Å². The van der Waals surface area contributed by atoms with Crippen molar-refractivity contribution in [1.82, 2.24) is 0 Å². The van der Waals surface area contributed by atoms with Crippen LogP contribution in [0.2, 0.25) is 0 Å². The number of hydrogen-bond donors (Lipinski definition) is 0. The van der Waals surface area contributed by atoms with Crippen molar-refractivity contribution >= 4 is 11.9 Å². The fraction of sp³-hybridized carbons (Fsp3) is 0.833. The maximum atomic E-state index is 11.7. The molecule has 0 aromatic rings. The highest BCUT2D eigenvalue weighted by molar-refractivity contribution is 5.98. The van der Waals surface area contributed by atoms with Gasteiger partial charge in [0.25, 0.3) is 0 Å². The van der Waals surface area contributed by atoms with Gasteiger partial charge in [-0.05, 0) is 47.3 Å². The Balaban J connectivity index is 1.65. The van der Waals surface area contributed by atoms with Crippen LogP contribution in [0.5, 0.6) is 0 Å². The van der Waals surface area contributed by atoms with Crippen molar-refractivity contribution in [2.24, 2.45) is 59.2 Å². The summed E-state index contributed by atoms with van der Waals surface area (Å²) in [5.74, 6) is 5.90. The lowest BCUT2D eigenvalue weighted by Crippen LogP contribution is -2.45. The Bertz CT molecular complexity index is 407. The summed E-state index contributed by atoms with van der Waals surface area (Å²) in [6.07, 6.45) is 0. The zero-order chi connectivity index (χ0) is 9.64. The zero-order valence-electron chi connectivity index (χ0n) is 8.00. The first-order valence-electron chi connectivity index (χ1n) is 6.06. The molecule has 1 aliphatic heterocycles. The Kier molecular flexibility index (Phi) is 0.659. The van der Waals surface area contributed by atoms with Crippen molar-refractivity contribution in [3.05, 3.63) is 0 Å². The molecular weight excluding hydrogens is 192 g/mol. The lowest BCUT2D eigenvalue weighted by atomic mass is 9.59. The molecule has 1 saturated heterocycles. The number of hydrogen-bond acceptors (Lipinski definition) is 3. The molecule has 6 aliphatic carbocycles. The van der Waals surface area contributed by atoms with E-state index < -0.39 is 0 Å². The smallest absolute Gasteiger partial charge is 0.317 e. The van der Waals surface area contributed by atoms with E-state index in [-0.39, 0.29) is 23.8 Å². The van der Waals surface area contributed by atoms with Gasteiger partial charge in [0.05, 0.1) is 11.8 Å². The van der Waals surface area contributed by atoms with Crippen LogP contribution in [0.25, 0.3) is 0 Å². The van der Waals surface area contributed by atoms with Gasteiger partial charge in [0.1, 0.15) is 0 Å². The first kappa shape index (κ1) is 6.66. The van der Waals surface area contributed by atoms with E-state index in [4.69, 9.17) is 4.74 Å². The Hall–Kier alpha value is -0.860. The molecule has 0 spiro atoms. The van der Waals surface area contributed by atoms with E-state index in [9.17, 15) is 9.59 Å². The SMILES string of the molecule is O=C1OC(=O)[C@H]2C3[C@@H]4C5C6[C@@H](C([C@@H]54)[C@H]12)[C@@H]63. The van der Waals surface area contributed by atoms with E-state index in [0.717, 1.165) is 35.5 Å². The summed E-state index contributed by atoms with van der Waals surface area (Å²) in [4.78, 5) is 23.4. The molecule has 7 fully saturated rings. The maximum Gasteiger partial charge on any atom is 0.317 e. The van der Waals surface area contributed by atoms with E-state index in [2.05, 4.69) is 0 Å². The van der Waals surface area contributed by atoms with E-state index in [1.807, 2.05) is 0 Å². The lowest BCUT2D eigenvalue weighted by molar-refractivity contribution is -0.154. The van der Waals surface area contributed by atoms with Crippen LogP contribution >= 0.6 is 0 Å². The third-order valence-electron chi connectivity index (χ3n) is 6.57. The molecular formula is C12H10O3. The molecule has 3 heteroatoms. The van der Waals surface area contributed by atoms with Crippen LogP contribution in [0.3, 0.4) is 0 Å². The fourth-order valence-electron chi connectivity index (χ4n) is 6.64. The molecule has 0 aromatic carbocycles. The predicted molar refractivity (Wildman–Crippen MR) is 46.0 cm³/mol. The van der Waals surface area contributed by atoms with E-state index in [1.165, 1.54) is 0 Å².